The van der Waals surface area contributed by atoms with Crippen molar-refractivity contribution in [2.75, 3.05) is 25.4 Å². The molecule has 94 valence electrons. The van der Waals surface area contributed by atoms with Crippen molar-refractivity contribution in [1.82, 2.24) is 10.6 Å². The van der Waals surface area contributed by atoms with Gasteiger partial charge in [-0.15, -0.1) is 11.8 Å². The molecule has 1 atom stereocenters. The molecule has 3 nitrogen and oxygen atoms in total. The van der Waals surface area contributed by atoms with E-state index in [1.165, 1.54) is 6.42 Å². The Labute approximate surface area is 103 Å². The summed E-state index contributed by atoms with van der Waals surface area (Å²) in [6.45, 7) is 9.49. The molecule has 0 bridgehead atoms. The van der Waals surface area contributed by atoms with E-state index in [0.717, 1.165) is 32.0 Å². The van der Waals surface area contributed by atoms with Crippen LogP contribution >= 0.6 is 11.8 Å². The van der Waals surface area contributed by atoms with Gasteiger partial charge in [-0.2, -0.15) is 0 Å². The molecule has 0 aromatic heterocycles. The second-order valence-electron chi connectivity index (χ2n) is 5.40. The molecule has 1 saturated heterocycles. The van der Waals surface area contributed by atoms with Crippen LogP contribution in [0.3, 0.4) is 0 Å². The molecule has 0 aromatic rings. The third-order valence-corrected chi connectivity index (χ3v) is 3.95. The SMILES string of the molecule is CC(C)(C)SCC(=O)NCCC1CCNC1. The zero-order chi connectivity index (χ0) is 12.0. The Hall–Kier alpha value is -0.220. The van der Waals surface area contributed by atoms with E-state index >= 15 is 0 Å². The normalized spacial score (nSPS) is 21.1. The lowest BCUT2D eigenvalue weighted by Gasteiger charge is -2.17. The van der Waals surface area contributed by atoms with Gasteiger partial charge >= 0.3 is 0 Å². The summed E-state index contributed by atoms with van der Waals surface area (Å²) in [5.74, 6) is 1.51. The molecule has 1 aliphatic heterocycles. The quantitative estimate of drug-likeness (QED) is 0.772. The smallest absolute Gasteiger partial charge is 0.230 e. The molecule has 16 heavy (non-hydrogen) atoms. The summed E-state index contributed by atoms with van der Waals surface area (Å²) >= 11 is 1.70. The molecule has 0 radical (unpaired) electrons. The second-order valence-corrected chi connectivity index (χ2v) is 7.20. The van der Waals surface area contributed by atoms with Gasteiger partial charge in [-0.1, -0.05) is 20.8 Å². The third-order valence-electron chi connectivity index (χ3n) is 2.67. The number of thioether (sulfide) groups is 1. The van der Waals surface area contributed by atoms with Gasteiger partial charge in [0.05, 0.1) is 5.75 Å². The lowest BCUT2D eigenvalue weighted by atomic mass is 10.1. The van der Waals surface area contributed by atoms with E-state index < -0.39 is 0 Å². The van der Waals surface area contributed by atoms with E-state index in [2.05, 4.69) is 31.4 Å². The largest absolute Gasteiger partial charge is 0.355 e. The zero-order valence-electron chi connectivity index (χ0n) is 10.6. The van der Waals surface area contributed by atoms with Crippen molar-refractivity contribution in [3.63, 3.8) is 0 Å². The fourth-order valence-electron chi connectivity index (χ4n) is 1.71. The van der Waals surface area contributed by atoms with Crippen molar-refractivity contribution < 1.29 is 4.79 Å². The van der Waals surface area contributed by atoms with Crippen LogP contribution in [0.4, 0.5) is 0 Å². The number of amides is 1. The van der Waals surface area contributed by atoms with Gasteiger partial charge in [0.25, 0.3) is 0 Å². The number of carbonyl (C=O) groups excluding carboxylic acids is 1. The van der Waals surface area contributed by atoms with Crippen LogP contribution in [0.5, 0.6) is 0 Å². The van der Waals surface area contributed by atoms with Gasteiger partial charge in [0.1, 0.15) is 0 Å². The minimum atomic E-state index is 0.172. The van der Waals surface area contributed by atoms with Crippen molar-refractivity contribution >= 4 is 17.7 Å². The highest BCUT2D eigenvalue weighted by Crippen LogP contribution is 2.22. The summed E-state index contributed by atoms with van der Waals surface area (Å²) in [7, 11) is 0. The maximum Gasteiger partial charge on any atom is 0.230 e. The fraction of sp³-hybridized carbons (Fsp3) is 0.917. The van der Waals surface area contributed by atoms with Crippen LogP contribution < -0.4 is 10.6 Å². The highest BCUT2D eigenvalue weighted by Gasteiger charge is 2.15. The molecule has 0 aliphatic carbocycles. The third kappa shape index (κ3) is 6.38. The van der Waals surface area contributed by atoms with E-state index in [-0.39, 0.29) is 10.7 Å². The van der Waals surface area contributed by atoms with Crippen LogP contribution in [-0.2, 0) is 4.79 Å². The van der Waals surface area contributed by atoms with Crippen LogP contribution in [0, 0.1) is 5.92 Å². The van der Waals surface area contributed by atoms with Gasteiger partial charge in [-0.3, -0.25) is 4.79 Å². The molecule has 1 amide bonds. The molecule has 0 aromatic carbocycles. The Kier molecular flexibility index (Phi) is 5.62. The Morgan fingerprint density at radius 3 is 2.81 bits per heavy atom. The molecule has 1 heterocycles. The minimum Gasteiger partial charge on any atom is -0.355 e. The predicted molar refractivity (Wildman–Crippen MR) is 70.8 cm³/mol. The van der Waals surface area contributed by atoms with E-state index in [0.29, 0.717) is 5.75 Å². The molecule has 0 saturated carbocycles. The summed E-state index contributed by atoms with van der Waals surface area (Å²) in [6, 6.07) is 0. The van der Waals surface area contributed by atoms with E-state index in [9.17, 15) is 4.79 Å². The van der Waals surface area contributed by atoms with Crippen LogP contribution in [0.1, 0.15) is 33.6 Å². The lowest BCUT2D eigenvalue weighted by molar-refractivity contribution is -0.118. The highest BCUT2D eigenvalue weighted by molar-refractivity contribution is 8.01. The van der Waals surface area contributed by atoms with Crippen LogP contribution in [0.15, 0.2) is 0 Å². The maximum atomic E-state index is 11.5. The van der Waals surface area contributed by atoms with Crippen LogP contribution in [0.2, 0.25) is 0 Å². The minimum absolute atomic E-state index is 0.172. The Morgan fingerprint density at radius 1 is 1.50 bits per heavy atom. The maximum absolute atomic E-state index is 11.5. The number of rotatable bonds is 5. The number of hydrogen-bond acceptors (Lipinski definition) is 3. The molecule has 1 unspecified atom stereocenters. The molecule has 0 spiro atoms. The van der Waals surface area contributed by atoms with Crippen molar-refractivity contribution in [3.05, 3.63) is 0 Å². The van der Waals surface area contributed by atoms with Gasteiger partial charge < -0.3 is 10.6 Å². The summed E-state index contributed by atoms with van der Waals surface area (Å²) in [5.41, 5.74) is 0. The zero-order valence-corrected chi connectivity index (χ0v) is 11.5. The first-order valence-corrected chi connectivity index (χ1v) is 7.07. The molecule has 1 aliphatic rings. The Morgan fingerprint density at radius 2 is 2.25 bits per heavy atom. The van der Waals surface area contributed by atoms with Crippen molar-refractivity contribution in [1.29, 1.82) is 0 Å². The monoisotopic (exact) mass is 244 g/mol. The van der Waals surface area contributed by atoms with Crippen molar-refractivity contribution in [3.8, 4) is 0 Å². The topological polar surface area (TPSA) is 41.1 Å². The number of carbonyl (C=O) groups is 1. The molecular weight excluding hydrogens is 220 g/mol. The number of hydrogen-bond donors (Lipinski definition) is 2. The van der Waals surface area contributed by atoms with Crippen LogP contribution in [0.25, 0.3) is 0 Å². The number of nitrogens with one attached hydrogen (secondary N) is 2. The molecule has 1 rings (SSSR count). The van der Waals surface area contributed by atoms with Crippen molar-refractivity contribution in [2.45, 2.75) is 38.4 Å². The van der Waals surface area contributed by atoms with Gasteiger partial charge in [-0.05, 0) is 31.8 Å². The first kappa shape index (κ1) is 13.8. The fourth-order valence-corrected chi connectivity index (χ4v) is 2.38. The van der Waals surface area contributed by atoms with Crippen molar-refractivity contribution in [2.24, 2.45) is 5.92 Å². The Balaban J connectivity index is 2.01. The average molecular weight is 244 g/mol. The van der Waals surface area contributed by atoms with Gasteiger partial charge in [0, 0.05) is 11.3 Å². The summed E-state index contributed by atoms with van der Waals surface area (Å²) in [6.07, 6.45) is 2.37. The van der Waals surface area contributed by atoms with E-state index in [1.54, 1.807) is 11.8 Å². The van der Waals surface area contributed by atoms with Crippen LogP contribution in [-0.4, -0.2) is 36.0 Å². The average Bonchev–Trinajstić information content (AvgIpc) is 2.66. The molecule has 4 heteroatoms. The van der Waals surface area contributed by atoms with E-state index in [4.69, 9.17) is 0 Å². The first-order valence-electron chi connectivity index (χ1n) is 6.09. The van der Waals surface area contributed by atoms with Gasteiger partial charge in [0.2, 0.25) is 5.91 Å². The first-order chi connectivity index (χ1) is 7.47. The molecular formula is C12H24N2OS. The van der Waals surface area contributed by atoms with Gasteiger partial charge in [-0.25, -0.2) is 0 Å². The predicted octanol–water partition coefficient (Wildman–Crippen LogP) is 1.63. The standard InChI is InChI=1S/C12H24N2OS/c1-12(2,3)16-9-11(15)14-7-5-10-4-6-13-8-10/h10,13H,4-9H2,1-3H3,(H,14,15). The highest BCUT2D eigenvalue weighted by atomic mass is 32.2. The summed E-state index contributed by atoms with van der Waals surface area (Å²) < 4.78 is 0.173. The molecule has 2 N–H and O–H groups in total. The summed E-state index contributed by atoms with van der Waals surface area (Å²) in [5, 5.41) is 6.33. The Bertz CT molecular complexity index is 220. The lowest BCUT2D eigenvalue weighted by Crippen LogP contribution is -2.29. The second kappa shape index (κ2) is 6.50. The summed E-state index contributed by atoms with van der Waals surface area (Å²) in [4.78, 5) is 11.5. The van der Waals surface area contributed by atoms with E-state index in [1.807, 2.05) is 0 Å². The van der Waals surface area contributed by atoms with Gasteiger partial charge in [0.15, 0.2) is 0 Å². The molecule has 1 fully saturated rings.